The van der Waals surface area contributed by atoms with Crippen LogP contribution in [0.3, 0.4) is 0 Å². The van der Waals surface area contributed by atoms with E-state index in [1.165, 1.54) is 5.56 Å². The van der Waals surface area contributed by atoms with E-state index in [1.807, 2.05) is 38.1 Å². The highest BCUT2D eigenvalue weighted by molar-refractivity contribution is 6.17. The molecule has 0 radical (unpaired) electrons. The molecular formula is C24H28ClN3O. The third-order valence-corrected chi connectivity index (χ3v) is 4.81. The van der Waals surface area contributed by atoms with Crippen molar-refractivity contribution in [1.29, 1.82) is 0 Å². The van der Waals surface area contributed by atoms with Crippen molar-refractivity contribution < 1.29 is 4.74 Å². The monoisotopic (exact) mass is 409 g/mol. The topological polar surface area (TPSA) is 38.2 Å². The van der Waals surface area contributed by atoms with Crippen LogP contribution >= 0.6 is 11.6 Å². The van der Waals surface area contributed by atoms with Gasteiger partial charge in [0.25, 0.3) is 0 Å². The smallest absolute Gasteiger partial charge is 0.119 e. The highest BCUT2D eigenvalue weighted by atomic mass is 35.5. The Kier molecular flexibility index (Phi) is 8.03. The van der Waals surface area contributed by atoms with Crippen molar-refractivity contribution >= 4 is 11.6 Å². The average molecular weight is 410 g/mol. The molecule has 0 atom stereocenters. The summed E-state index contributed by atoms with van der Waals surface area (Å²) in [6.07, 6.45) is 0.851. The molecule has 0 aliphatic heterocycles. The number of aromatic nitrogens is 2. The fourth-order valence-corrected chi connectivity index (χ4v) is 3.30. The largest absolute Gasteiger partial charge is 0.494 e. The molecule has 0 saturated carbocycles. The van der Waals surface area contributed by atoms with Crippen LogP contribution in [0.4, 0.5) is 0 Å². The molecule has 0 aliphatic rings. The van der Waals surface area contributed by atoms with E-state index in [0.717, 1.165) is 54.6 Å². The number of nitrogens with zero attached hydrogens (tertiary/aromatic N) is 3. The lowest BCUT2D eigenvalue weighted by atomic mass is 10.2. The maximum atomic E-state index is 5.71. The Bertz CT molecular complexity index is 851. The van der Waals surface area contributed by atoms with Crippen LogP contribution in [-0.4, -0.2) is 27.4 Å². The quantitative estimate of drug-likeness (QED) is 0.336. The van der Waals surface area contributed by atoms with Crippen molar-refractivity contribution in [3.05, 3.63) is 89.0 Å². The number of hydrogen-bond acceptors (Lipinski definition) is 4. The van der Waals surface area contributed by atoms with Gasteiger partial charge >= 0.3 is 0 Å². The minimum Gasteiger partial charge on any atom is -0.494 e. The predicted molar refractivity (Wildman–Crippen MR) is 118 cm³/mol. The molecule has 2 heterocycles. The summed E-state index contributed by atoms with van der Waals surface area (Å²) in [5.41, 5.74) is 5.44. The predicted octanol–water partition coefficient (Wildman–Crippen LogP) is 5.30. The zero-order valence-electron chi connectivity index (χ0n) is 17.1. The highest BCUT2D eigenvalue weighted by Crippen LogP contribution is 2.17. The third kappa shape index (κ3) is 7.15. The van der Waals surface area contributed by atoms with Gasteiger partial charge in [0.15, 0.2) is 0 Å². The minimum atomic E-state index is 0.618. The number of aryl methyl sites for hydroxylation is 2. The molecule has 3 rings (SSSR count). The molecule has 1 aromatic carbocycles. The van der Waals surface area contributed by atoms with Gasteiger partial charge in [-0.25, -0.2) is 0 Å². The molecule has 0 spiro atoms. The molecule has 29 heavy (non-hydrogen) atoms. The number of rotatable bonds is 10. The average Bonchev–Trinajstić information content (AvgIpc) is 2.69. The number of hydrogen-bond donors (Lipinski definition) is 0. The molecule has 0 fully saturated rings. The molecule has 2 aromatic heterocycles. The van der Waals surface area contributed by atoms with Gasteiger partial charge in [0.05, 0.1) is 18.0 Å². The zero-order chi connectivity index (χ0) is 20.5. The number of alkyl halides is 1. The van der Waals surface area contributed by atoms with Gasteiger partial charge in [-0.1, -0.05) is 24.3 Å². The molecule has 0 unspecified atom stereocenters. The Balaban J connectivity index is 1.71. The third-order valence-electron chi connectivity index (χ3n) is 4.54. The van der Waals surface area contributed by atoms with Gasteiger partial charge in [0.2, 0.25) is 0 Å². The maximum absolute atomic E-state index is 5.71. The summed E-state index contributed by atoms with van der Waals surface area (Å²) in [6, 6.07) is 20.6. The van der Waals surface area contributed by atoms with Crippen LogP contribution in [0.25, 0.3) is 0 Å². The molecule has 152 valence electrons. The molecular weight excluding hydrogens is 382 g/mol. The van der Waals surface area contributed by atoms with E-state index in [9.17, 15) is 0 Å². The molecule has 0 saturated heterocycles. The summed E-state index contributed by atoms with van der Waals surface area (Å²) in [6.45, 7) is 7.05. The summed E-state index contributed by atoms with van der Waals surface area (Å²) in [4.78, 5) is 11.7. The van der Waals surface area contributed by atoms with Crippen LogP contribution in [0.5, 0.6) is 5.75 Å². The van der Waals surface area contributed by atoms with Gasteiger partial charge in [0.1, 0.15) is 5.75 Å². The van der Waals surface area contributed by atoms with Gasteiger partial charge in [-0.15, -0.1) is 11.6 Å². The van der Waals surface area contributed by atoms with Crippen LogP contribution in [0.15, 0.2) is 60.7 Å². The number of halogens is 1. The molecule has 0 bridgehead atoms. The fraction of sp³-hybridized carbons (Fsp3) is 0.333. The first kappa shape index (κ1) is 21.3. The van der Waals surface area contributed by atoms with Crippen molar-refractivity contribution in [2.75, 3.05) is 12.5 Å². The Morgan fingerprint density at radius 1 is 0.793 bits per heavy atom. The van der Waals surface area contributed by atoms with Crippen molar-refractivity contribution in [2.24, 2.45) is 0 Å². The molecule has 0 amide bonds. The Morgan fingerprint density at radius 2 is 1.38 bits per heavy atom. The summed E-state index contributed by atoms with van der Waals surface area (Å²) in [5, 5.41) is 0. The molecule has 0 N–H and O–H groups in total. The van der Waals surface area contributed by atoms with E-state index in [2.05, 4.69) is 51.3 Å². The molecule has 3 aromatic rings. The van der Waals surface area contributed by atoms with Gasteiger partial charge in [-0.05, 0) is 62.2 Å². The summed E-state index contributed by atoms with van der Waals surface area (Å²) < 4.78 is 5.71. The second-order valence-electron chi connectivity index (χ2n) is 7.22. The number of benzene rings is 1. The first-order valence-electron chi connectivity index (χ1n) is 9.97. The van der Waals surface area contributed by atoms with E-state index in [1.54, 1.807) is 0 Å². The number of ether oxygens (including phenoxy) is 1. The fourth-order valence-electron chi connectivity index (χ4n) is 3.19. The van der Waals surface area contributed by atoms with E-state index >= 15 is 0 Å². The Labute approximate surface area is 178 Å². The first-order chi connectivity index (χ1) is 14.1. The normalized spacial score (nSPS) is 11.0. The molecule has 4 nitrogen and oxygen atoms in total. The van der Waals surface area contributed by atoms with Gasteiger partial charge in [0, 0.05) is 36.9 Å². The van der Waals surface area contributed by atoms with Gasteiger partial charge < -0.3 is 4.74 Å². The van der Waals surface area contributed by atoms with Crippen LogP contribution in [0.1, 0.15) is 34.8 Å². The van der Waals surface area contributed by atoms with Crippen molar-refractivity contribution in [2.45, 2.75) is 39.9 Å². The van der Waals surface area contributed by atoms with Crippen molar-refractivity contribution in [3.63, 3.8) is 0 Å². The first-order valence-corrected chi connectivity index (χ1v) is 10.5. The summed E-state index contributed by atoms with van der Waals surface area (Å²) in [5.74, 6) is 1.50. The van der Waals surface area contributed by atoms with Crippen molar-refractivity contribution in [1.82, 2.24) is 14.9 Å². The maximum Gasteiger partial charge on any atom is 0.119 e. The lowest BCUT2D eigenvalue weighted by Gasteiger charge is -2.22. The van der Waals surface area contributed by atoms with Crippen LogP contribution in [0, 0.1) is 13.8 Å². The zero-order valence-corrected chi connectivity index (χ0v) is 17.9. The Hall–Kier alpha value is -2.43. The minimum absolute atomic E-state index is 0.618. The molecule has 5 heteroatoms. The highest BCUT2D eigenvalue weighted by Gasteiger charge is 2.11. The van der Waals surface area contributed by atoms with Crippen LogP contribution in [-0.2, 0) is 19.6 Å². The van der Waals surface area contributed by atoms with E-state index in [0.29, 0.717) is 12.5 Å². The summed E-state index contributed by atoms with van der Waals surface area (Å²) >= 11 is 5.71. The lowest BCUT2D eigenvalue weighted by Crippen LogP contribution is -2.23. The van der Waals surface area contributed by atoms with Crippen LogP contribution < -0.4 is 4.74 Å². The standard InChI is InChI=1S/C24H28ClN3O/c1-19-6-3-8-22(26-19)17-28(18-23-9-4-7-20(2)27-23)16-21-10-12-24(13-11-21)29-15-5-14-25/h3-4,6-13H,5,14-18H2,1-2H3. The van der Waals surface area contributed by atoms with Gasteiger partial charge in [-0.2, -0.15) is 0 Å². The molecule has 0 aliphatic carbocycles. The lowest BCUT2D eigenvalue weighted by molar-refractivity contribution is 0.241. The Morgan fingerprint density at radius 3 is 1.90 bits per heavy atom. The van der Waals surface area contributed by atoms with Gasteiger partial charge in [-0.3, -0.25) is 14.9 Å². The second kappa shape index (κ2) is 10.9. The van der Waals surface area contributed by atoms with Crippen LogP contribution in [0.2, 0.25) is 0 Å². The van der Waals surface area contributed by atoms with E-state index < -0.39 is 0 Å². The second-order valence-corrected chi connectivity index (χ2v) is 7.60. The van der Waals surface area contributed by atoms with Crippen molar-refractivity contribution in [3.8, 4) is 5.75 Å². The van der Waals surface area contributed by atoms with E-state index in [4.69, 9.17) is 16.3 Å². The number of pyridine rings is 2. The SMILES string of the molecule is Cc1cccc(CN(Cc2ccc(OCCCCl)cc2)Cc2cccc(C)n2)n1. The van der Waals surface area contributed by atoms with E-state index in [-0.39, 0.29) is 0 Å². The summed E-state index contributed by atoms with van der Waals surface area (Å²) in [7, 11) is 0.